The van der Waals surface area contributed by atoms with Crippen molar-refractivity contribution in [2.45, 2.75) is 26.9 Å². The number of carbonyl (C=O) groups is 2. The third-order valence-electron chi connectivity index (χ3n) is 5.37. The summed E-state index contributed by atoms with van der Waals surface area (Å²) >= 11 is 6.22. The SMILES string of the molecule is CCOC(=O)c1cccc(-c2cccc(-c3onc(C)c3NC(=O)OC(C)c3ccccc3Cl)c2)n1. The number of aryl methyl sites for hydroxylation is 1. The van der Waals surface area contributed by atoms with E-state index in [0.29, 0.717) is 39.0 Å². The van der Waals surface area contributed by atoms with Crippen LogP contribution in [-0.4, -0.2) is 28.8 Å². The highest BCUT2D eigenvalue weighted by Gasteiger charge is 2.21. The Morgan fingerprint density at radius 3 is 2.58 bits per heavy atom. The Morgan fingerprint density at radius 1 is 1.06 bits per heavy atom. The van der Waals surface area contributed by atoms with Crippen molar-refractivity contribution < 1.29 is 23.6 Å². The van der Waals surface area contributed by atoms with Gasteiger partial charge in [0.1, 0.15) is 23.2 Å². The van der Waals surface area contributed by atoms with Crippen molar-refractivity contribution in [3.63, 3.8) is 0 Å². The van der Waals surface area contributed by atoms with Gasteiger partial charge in [-0.1, -0.05) is 59.2 Å². The zero-order valence-corrected chi connectivity index (χ0v) is 20.7. The molecule has 1 unspecified atom stereocenters. The first-order valence-electron chi connectivity index (χ1n) is 11.3. The van der Waals surface area contributed by atoms with Crippen LogP contribution in [0.1, 0.15) is 41.7 Å². The van der Waals surface area contributed by atoms with Gasteiger partial charge in [0.2, 0.25) is 0 Å². The molecule has 36 heavy (non-hydrogen) atoms. The van der Waals surface area contributed by atoms with Gasteiger partial charge in [-0.25, -0.2) is 14.6 Å². The normalized spacial score (nSPS) is 11.6. The predicted molar refractivity (Wildman–Crippen MR) is 136 cm³/mol. The number of anilines is 1. The summed E-state index contributed by atoms with van der Waals surface area (Å²) in [4.78, 5) is 29.2. The number of pyridine rings is 1. The average molecular weight is 506 g/mol. The first-order valence-corrected chi connectivity index (χ1v) is 11.7. The van der Waals surface area contributed by atoms with Crippen molar-refractivity contribution in [3.8, 4) is 22.6 Å². The molecule has 0 aliphatic rings. The molecule has 8 nitrogen and oxygen atoms in total. The second-order valence-electron chi connectivity index (χ2n) is 7.88. The summed E-state index contributed by atoms with van der Waals surface area (Å²) in [7, 11) is 0. The van der Waals surface area contributed by atoms with Crippen molar-refractivity contribution in [3.05, 3.63) is 88.7 Å². The standard InChI is InChI=1S/C27H24ClN3O5/c1-4-34-26(32)23-14-8-13-22(29-23)18-9-7-10-19(15-18)25-24(16(2)31-36-25)30-27(33)35-17(3)20-11-5-6-12-21(20)28/h5-15,17H,4H2,1-3H3,(H,30,33). The van der Waals surface area contributed by atoms with Crippen LogP contribution in [0.3, 0.4) is 0 Å². The summed E-state index contributed by atoms with van der Waals surface area (Å²) in [6, 6.07) is 19.6. The summed E-state index contributed by atoms with van der Waals surface area (Å²) in [6.45, 7) is 5.46. The molecule has 4 rings (SSSR count). The number of carbonyl (C=O) groups excluding carboxylic acids is 2. The van der Waals surface area contributed by atoms with E-state index in [9.17, 15) is 9.59 Å². The van der Waals surface area contributed by atoms with Gasteiger partial charge >= 0.3 is 12.1 Å². The molecule has 2 aromatic carbocycles. The van der Waals surface area contributed by atoms with Crippen LogP contribution in [0.4, 0.5) is 10.5 Å². The van der Waals surface area contributed by atoms with Gasteiger partial charge in [0.15, 0.2) is 5.76 Å². The number of nitrogens with one attached hydrogen (secondary N) is 1. The largest absolute Gasteiger partial charge is 0.461 e. The average Bonchev–Trinajstić information content (AvgIpc) is 3.24. The summed E-state index contributed by atoms with van der Waals surface area (Å²) in [5.74, 6) is -0.129. The lowest BCUT2D eigenvalue weighted by atomic mass is 10.0. The maximum absolute atomic E-state index is 12.7. The fourth-order valence-electron chi connectivity index (χ4n) is 3.61. The summed E-state index contributed by atoms with van der Waals surface area (Å²) in [5, 5.41) is 7.26. The lowest BCUT2D eigenvalue weighted by molar-refractivity contribution is 0.0519. The van der Waals surface area contributed by atoms with E-state index in [2.05, 4.69) is 15.5 Å². The summed E-state index contributed by atoms with van der Waals surface area (Å²) in [5.41, 5.74) is 3.77. The van der Waals surface area contributed by atoms with E-state index in [0.717, 1.165) is 5.56 Å². The van der Waals surface area contributed by atoms with Gasteiger partial charge < -0.3 is 14.0 Å². The number of amides is 1. The van der Waals surface area contributed by atoms with Crippen molar-refractivity contribution in [1.82, 2.24) is 10.1 Å². The topological polar surface area (TPSA) is 104 Å². The molecule has 0 bridgehead atoms. The molecule has 0 saturated carbocycles. The van der Waals surface area contributed by atoms with Gasteiger partial charge in [-0.05, 0) is 45.0 Å². The van der Waals surface area contributed by atoms with Gasteiger partial charge in [0.05, 0.1) is 12.3 Å². The van der Waals surface area contributed by atoms with Crippen LogP contribution in [0, 0.1) is 6.92 Å². The van der Waals surface area contributed by atoms with E-state index in [1.807, 2.05) is 36.4 Å². The number of hydrogen-bond acceptors (Lipinski definition) is 7. The number of ether oxygens (including phenoxy) is 2. The summed E-state index contributed by atoms with van der Waals surface area (Å²) in [6.07, 6.45) is -1.24. The third-order valence-corrected chi connectivity index (χ3v) is 5.72. The van der Waals surface area contributed by atoms with Crippen LogP contribution in [-0.2, 0) is 9.47 Å². The number of esters is 1. The van der Waals surface area contributed by atoms with Gasteiger partial charge in [-0.15, -0.1) is 0 Å². The summed E-state index contributed by atoms with van der Waals surface area (Å²) < 4.78 is 16.1. The van der Waals surface area contributed by atoms with Gasteiger partial charge in [-0.3, -0.25) is 5.32 Å². The lowest BCUT2D eigenvalue weighted by Gasteiger charge is -2.15. The fraction of sp³-hybridized carbons (Fsp3) is 0.185. The number of halogens is 1. The molecule has 0 fully saturated rings. The monoisotopic (exact) mass is 505 g/mol. The first-order chi connectivity index (χ1) is 17.4. The first kappa shape index (κ1) is 24.9. The fourth-order valence-corrected chi connectivity index (χ4v) is 3.90. The Morgan fingerprint density at radius 2 is 1.81 bits per heavy atom. The predicted octanol–water partition coefficient (Wildman–Crippen LogP) is 6.85. The van der Waals surface area contributed by atoms with Crippen molar-refractivity contribution in [1.29, 1.82) is 0 Å². The molecule has 0 spiro atoms. The van der Waals surface area contributed by atoms with Crippen molar-refractivity contribution >= 4 is 29.4 Å². The molecule has 0 radical (unpaired) electrons. The smallest absolute Gasteiger partial charge is 0.412 e. The third kappa shape index (κ3) is 5.55. The highest BCUT2D eigenvalue weighted by molar-refractivity contribution is 6.31. The van der Waals surface area contributed by atoms with E-state index in [-0.39, 0.29) is 12.3 Å². The van der Waals surface area contributed by atoms with Crippen LogP contribution >= 0.6 is 11.6 Å². The molecule has 0 aliphatic heterocycles. The molecule has 1 N–H and O–H groups in total. The number of hydrogen-bond donors (Lipinski definition) is 1. The second-order valence-corrected chi connectivity index (χ2v) is 8.28. The van der Waals surface area contributed by atoms with Crippen LogP contribution in [0.2, 0.25) is 5.02 Å². The second kappa shape index (κ2) is 11.0. The van der Waals surface area contributed by atoms with E-state index < -0.39 is 18.2 Å². The number of benzene rings is 2. The molecule has 1 amide bonds. The molecule has 0 aliphatic carbocycles. The van der Waals surface area contributed by atoms with E-state index in [1.54, 1.807) is 51.1 Å². The van der Waals surface area contributed by atoms with Gasteiger partial charge in [0.25, 0.3) is 0 Å². The number of rotatable bonds is 7. The van der Waals surface area contributed by atoms with Crippen LogP contribution < -0.4 is 5.32 Å². The van der Waals surface area contributed by atoms with E-state index in [4.69, 9.17) is 25.6 Å². The Kier molecular flexibility index (Phi) is 7.65. The van der Waals surface area contributed by atoms with Crippen LogP contribution in [0.5, 0.6) is 0 Å². The molecule has 0 saturated heterocycles. The maximum Gasteiger partial charge on any atom is 0.412 e. The Bertz CT molecular complexity index is 1400. The molecule has 2 heterocycles. The molecular formula is C27H24ClN3O5. The van der Waals surface area contributed by atoms with E-state index in [1.165, 1.54) is 0 Å². The number of aromatic nitrogens is 2. The minimum Gasteiger partial charge on any atom is -0.461 e. The van der Waals surface area contributed by atoms with Gasteiger partial charge in [0, 0.05) is 21.7 Å². The molecule has 1 atom stereocenters. The highest BCUT2D eigenvalue weighted by atomic mass is 35.5. The minimum absolute atomic E-state index is 0.216. The highest BCUT2D eigenvalue weighted by Crippen LogP contribution is 2.34. The lowest BCUT2D eigenvalue weighted by Crippen LogP contribution is -2.17. The maximum atomic E-state index is 12.7. The molecular weight excluding hydrogens is 482 g/mol. The van der Waals surface area contributed by atoms with Gasteiger partial charge in [-0.2, -0.15) is 0 Å². The molecule has 9 heteroatoms. The molecule has 2 aromatic heterocycles. The number of nitrogens with zero attached hydrogens (tertiary/aromatic N) is 2. The molecule has 184 valence electrons. The van der Waals surface area contributed by atoms with Crippen molar-refractivity contribution in [2.75, 3.05) is 11.9 Å². The Hall–Kier alpha value is -4.17. The van der Waals surface area contributed by atoms with Crippen molar-refractivity contribution in [2.24, 2.45) is 0 Å². The Balaban J connectivity index is 1.57. The quantitative estimate of drug-likeness (QED) is 0.274. The van der Waals surface area contributed by atoms with Crippen LogP contribution in [0.25, 0.3) is 22.6 Å². The zero-order chi connectivity index (χ0) is 25.7. The minimum atomic E-state index is -0.671. The van der Waals surface area contributed by atoms with Crippen LogP contribution in [0.15, 0.2) is 71.3 Å². The molecule has 4 aromatic rings. The zero-order valence-electron chi connectivity index (χ0n) is 19.9. The van der Waals surface area contributed by atoms with E-state index >= 15 is 0 Å². The Labute approximate surface area is 213 Å².